The van der Waals surface area contributed by atoms with Crippen molar-refractivity contribution in [2.24, 2.45) is 10.7 Å². The van der Waals surface area contributed by atoms with E-state index in [-0.39, 0.29) is 11.9 Å². The third-order valence-corrected chi connectivity index (χ3v) is 3.59. The van der Waals surface area contributed by atoms with Crippen LogP contribution in [0.25, 0.3) is 0 Å². The van der Waals surface area contributed by atoms with E-state index in [2.05, 4.69) is 22.0 Å². The number of para-hydroxylation sites is 1. The second kappa shape index (κ2) is 4.01. The molecular formula is C13H15N3O2. The molecule has 0 saturated carbocycles. The van der Waals surface area contributed by atoms with Gasteiger partial charge in [0.05, 0.1) is 0 Å². The summed E-state index contributed by atoms with van der Waals surface area (Å²) in [6.45, 7) is 1.55. The van der Waals surface area contributed by atoms with Gasteiger partial charge in [0.15, 0.2) is 5.60 Å². The smallest absolute Gasteiger partial charge is 0.294 e. The maximum Gasteiger partial charge on any atom is 0.294 e. The van der Waals surface area contributed by atoms with Crippen molar-refractivity contribution in [1.29, 1.82) is 0 Å². The van der Waals surface area contributed by atoms with Crippen LogP contribution in [-0.2, 0) is 9.53 Å². The van der Waals surface area contributed by atoms with Gasteiger partial charge in [-0.05, 0) is 12.1 Å². The summed E-state index contributed by atoms with van der Waals surface area (Å²) in [5.74, 6) is -0.229. The average molecular weight is 245 g/mol. The molecule has 1 amide bonds. The van der Waals surface area contributed by atoms with Gasteiger partial charge >= 0.3 is 0 Å². The average Bonchev–Trinajstić information content (AvgIpc) is 2.66. The molecule has 1 spiro atoms. The van der Waals surface area contributed by atoms with Crippen LogP contribution in [0.15, 0.2) is 35.3 Å². The summed E-state index contributed by atoms with van der Waals surface area (Å²) in [5, 5.41) is 0. The molecule has 0 aliphatic carbocycles. The van der Waals surface area contributed by atoms with Gasteiger partial charge in [-0.1, -0.05) is 18.2 Å². The molecule has 2 N–H and O–H groups in total. The molecule has 1 aromatic carbocycles. The van der Waals surface area contributed by atoms with Crippen LogP contribution in [-0.4, -0.2) is 30.6 Å². The van der Waals surface area contributed by atoms with E-state index in [4.69, 9.17) is 10.5 Å². The highest BCUT2D eigenvalue weighted by atomic mass is 16.5. The van der Waals surface area contributed by atoms with Crippen molar-refractivity contribution in [3.63, 3.8) is 0 Å². The van der Waals surface area contributed by atoms with Gasteiger partial charge < -0.3 is 15.4 Å². The first-order valence-corrected chi connectivity index (χ1v) is 6.07. The number of amidine groups is 1. The van der Waals surface area contributed by atoms with E-state index in [9.17, 15) is 4.79 Å². The number of carbonyl (C=O) groups is 1. The van der Waals surface area contributed by atoms with Crippen molar-refractivity contribution >= 4 is 17.6 Å². The highest BCUT2D eigenvalue weighted by Gasteiger charge is 2.48. The molecule has 1 fully saturated rings. The highest BCUT2D eigenvalue weighted by Crippen LogP contribution is 2.33. The Hall–Kier alpha value is -2.04. The second-order valence-corrected chi connectivity index (χ2v) is 4.67. The summed E-state index contributed by atoms with van der Waals surface area (Å²) < 4.78 is 5.44. The first kappa shape index (κ1) is 11.1. The molecule has 5 nitrogen and oxygen atoms in total. The molecule has 2 heterocycles. The Morgan fingerprint density at radius 2 is 1.89 bits per heavy atom. The van der Waals surface area contributed by atoms with Crippen LogP contribution in [0.3, 0.4) is 0 Å². The minimum atomic E-state index is -0.796. The molecule has 94 valence electrons. The quantitative estimate of drug-likeness (QED) is 0.798. The lowest BCUT2D eigenvalue weighted by Crippen LogP contribution is -2.49. The lowest BCUT2D eigenvalue weighted by molar-refractivity contribution is -0.132. The van der Waals surface area contributed by atoms with Crippen molar-refractivity contribution in [2.45, 2.75) is 18.4 Å². The summed E-state index contributed by atoms with van der Waals surface area (Å²) in [4.78, 5) is 17.7. The monoisotopic (exact) mass is 245 g/mol. The lowest BCUT2D eigenvalue weighted by Gasteiger charge is -2.37. The van der Waals surface area contributed by atoms with Gasteiger partial charge in [-0.25, -0.2) is 0 Å². The number of hydrogen-bond acceptors (Lipinski definition) is 4. The first-order valence-electron chi connectivity index (χ1n) is 6.07. The number of benzene rings is 1. The largest absolute Gasteiger partial charge is 0.448 e. The van der Waals surface area contributed by atoms with Crippen molar-refractivity contribution in [3.8, 4) is 0 Å². The number of anilines is 1. The molecule has 0 aromatic heterocycles. The number of ether oxygens (including phenoxy) is 1. The minimum absolute atomic E-state index is 0.00756. The normalized spacial score (nSPS) is 21.9. The zero-order valence-electron chi connectivity index (χ0n) is 10.0. The third-order valence-electron chi connectivity index (χ3n) is 3.59. The number of carbonyl (C=O) groups excluding carboxylic acids is 1. The van der Waals surface area contributed by atoms with E-state index in [1.54, 1.807) is 0 Å². The predicted molar refractivity (Wildman–Crippen MR) is 68.3 cm³/mol. The van der Waals surface area contributed by atoms with Crippen LogP contribution in [0.1, 0.15) is 12.8 Å². The molecule has 0 atom stereocenters. The zero-order chi connectivity index (χ0) is 12.6. The summed E-state index contributed by atoms with van der Waals surface area (Å²) in [7, 11) is 0. The Kier molecular flexibility index (Phi) is 2.47. The zero-order valence-corrected chi connectivity index (χ0v) is 10.0. The number of rotatable bonds is 1. The molecule has 0 radical (unpaired) electrons. The van der Waals surface area contributed by atoms with Crippen LogP contribution >= 0.6 is 0 Å². The maximum absolute atomic E-state index is 11.8. The summed E-state index contributed by atoms with van der Waals surface area (Å²) in [6.07, 6.45) is 1.26. The Labute approximate surface area is 105 Å². The Bertz CT molecular complexity index is 490. The molecule has 2 aliphatic heterocycles. The van der Waals surface area contributed by atoms with Gasteiger partial charge in [0.25, 0.3) is 11.9 Å². The maximum atomic E-state index is 11.8. The standard InChI is InChI=1S/C13H15N3O2/c14-12-15-11(17)13(18-12)6-8-16(9-7-13)10-4-2-1-3-5-10/h1-5H,6-9H2,(H2,14,15,17). The Balaban J connectivity index is 1.71. The molecule has 1 aromatic rings. The van der Waals surface area contributed by atoms with Gasteiger partial charge in [-0.3, -0.25) is 4.79 Å². The summed E-state index contributed by atoms with van der Waals surface area (Å²) in [6, 6.07) is 10.2. The van der Waals surface area contributed by atoms with Crippen LogP contribution < -0.4 is 10.6 Å². The number of hydrogen-bond donors (Lipinski definition) is 1. The van der Waals surface area contributed by atoms with Crippen molar-refractivity contribution < 1.29 is 9.53 Å². The van der Waals surface area contributed by atoms with Crippen molar-refractivity contribution in [1.82, 2.24) is 0 Å². The lowest BCUT2D eigenvalue weighted by atomic mass is 9.90. The first-order chi connectivity index (χ1) is 8.70. The summed E-state index contributed by atoms with van der Waals surface area (Å²) in [5.41, 5.74) is 5.85. The molecule has 18 heavy (non-hydrogen) atoms. The van der Waals surface area contributed by atoms with Gasteiger partial charge in [0, 0.05) is 31.6 Å². The van der Waals surface area contributed by atoms with Crippen LogP contribution in [0.2, 0.25) is 0 Å². The molecule has 2 aliphatic rings. The van der Waals surface area contributed by atoms with E-state index in [0.717, 1.165) is 13.1 Å². The van der Waals surface area contributed by atoms with Gasteiger partial charge in [-0.2, -0.15) is 4.99 Å². The van der Waals surface area contributed by atoms with Crippen LogP contribution in [0.4, 0.5) is 5.69 Å². The fraction of sp³-hybridized carbons (Fsp3) is 0.385. The molecule has 0 unspecified atom stereocenters. The Morgan fingerprint density at radius 1 is 1.22 bits per heavy atom. The van der Waals surface area contributed by atoms with Crippen LogP contribution in [0, 0.1) is 0 Å². The SMILES string of the molecule is NC1=NC(=O)C2(CCN(c3ccccc3)CC2)O1. The fourth-order valence-corrected chi connectivity index (χ4v) is 2.55. The molecule has 0 bridgehead atoms. The number of nitrogens with zero attached hydrogens (tertiary/aromatic N) is 2. The van der Waals surface area contributed by atoms with Gasteiger partial charge in [0.2, 0.25) is 0 Å². The minimum Gasteiger partial charge on any atom is -0.448 e. The third kappa shape index (κ3) is 1.72. The highest BCUT2D eigenvalue weighted by molar-refractivity contribution is 6.00. The van der Waals surface area contributed by atoms with Crippen molar-refractivity contribution in [2.75, 3.05) is 18.0 Å². The van der Waals surface area contributed by atoms with E-state index >= 15 is 0 Å². The van der Waals surface area contributed by atoms with Gasteiger partial charge in [0.1, 0.15) is 0 Å². The predicted octanol–water partition coefficient (Wildman–Crippen LogP) is 0.897. The van der Waals surface area contributed by atoms with E-state index in [1.165, 1.54) is 5.69 Å². The number of amides is 1. The molecule has 5 heteroatoms. The number of nitrogens with two attached hydrogens (primary N) is 1. The summed E-state index contributed by atoms with van der Waals surface area (Å²) >= 11 is 0. The van der Waals surface area contributed by atoms with E-state index < -0.39 is 5.60 Å². The second-order valence-electron chi connectivity index (χ2n) is 4.67. The Morgan fingerprint density at radius 3 is 2.44 bits per heavy atom. The molecule has 1 saturated heterocycles. The molecular weight excluding hydrogens is 230 g/mol. The molecule has 3 rings (SSSR count). The fourth-order valence-electron chi connectivity index (χ4n) is 2.55. The van der Waals surface area contributed by atoms with Gasteiger partial charge in [-0.15, -0.1) is 0 Å². The number of piperidine rings is 1. The number of aliphatic imine (C=N–C) groups is 1. The topological polar surface area (TPSA) is 67.9 Å². The van der Waals surface area contributed by atoms with E-state index in [0.29, 0.717) is 12.8 Å². The van der Waals surface area contributed by atoms with Crippen molar-refractivity contribution in [3.05, 3.63) is 30.3 Å². The van der Waals surface area contributed by atoms with Crippen LogP contribution in [0.5, 0.6) is 0 Å². The van der Waals surface area contributed by atoms with E-state index in [1.807, 2.05) is 18.2 Å².